The average Bonchev–Trinajstić information content (AvgIpc) is 2.41. The highest BCUT2D eigenvalue weighted by molar-refractivity contribution is 7.92. The van der Waals surface area contributed by atoms with Crippen LogP contribution in [0.3, 0.4) is 0 Å². The zero-order valence-electron chi connectivity index (χ0n) is 11.1. The van der Waals surface area contributed by atoms with Gasteiger partial charge >= 0.3 is 0 Å². The van der Waals surface area contributed by atoms with Crippen LogP contribution >= 0.6 is 0 Å². The van der Waals surface area contributed by atoms with Crippen molar-refractivity contribution in [3.05, 3.63) is 53.3 Å². The molecule has 108 valence electrons. The minimum absolute atomic E-state index is 0.0179. The molecule has 0 aliphatic rings. The van der Waals surface area contributed by atoms with Crippen LogP contribution in [0.4, 0.5) is 15.8 Å². The van der Waals surface area contributed by atoms with Crippen LogP contribution in [0.25, 0.3) is 0 Å². The van der Waals surface area contributed by atoms with E-state index in [0.717, 1.165) is 6.07 Å². The fourth-order valence-electron chi connectivity index (χ4n) is 1.85. The lowest BCUT2D eigenvalue weighted by Gasteiger charge is -2.12. The van der Waals surface area contributed by atoms with E-state index in [0.29, 0.717) is 11.3 Å². The maximum absolute atomic E-state index is 13.5. The van der Waals surface area contributed by atoms with Crippen molar-refractivity contribution in [2.24, 2.45) is 0 Å². The smallest absolute Gasteiger partial charge is 0.262 e. The van der Waals surface area contributed by atoms with Crippen LogP contribution in [0.5, 0.6) is 0 Å². The lowest BCUT2D eigenvalue weighted by molar-refractivity contribution is 0.600. The second-order valence-electron chi connectivity index (χ2n) is 4.35. The molecule has 0 radical (unpaired) electrons. The predicted octanol–water partition coefficient (Wildman–Crippen LogP) is 2.39. The van der Waals surface area contributed by atoms with E-state index in [1.165, 1.54) is 24.3 Å². The molecule has 0 aliphatic heterocycles. The molecule has 0 spiro atoms. The third kappa shape index (κ3) is 2.80. The van der Waals surface area contributed by atoms with Crippen LogP contribution in [0.15, 0.2) is 41.3 Å². The van der Waals surface area contributed by atoms with E-state index in [1.54, 1.807) is 19.1 Å². The Balaban J connectivity index is 2.51. The first-order valence-electron chi connectivity index (χ1n) is 5.93. The zero-order valence-corrected chi connectivity index (χ0v) is 11.9. The molecule has 2 aromatic rings. The molecule has 0 unspecified atom stereocenters. The fraction of sp³-hybridized carbons (Fsp3) is 0.0714. The molecule has 0 saturated heterocycles. The summed E-state index contributed by atoms with van der Waals surface area (Å²) >= 11 is 0. The van der Waals surface area contributed by atoms with Gasteiger partial charge < -0.3 is 5.73 Å². The van der Waals surface area contributed by atoms with Crippen molar-refractivity contribution in [1.82, 2.24) is 0 Å². The predicted molar refractivity (Wildman–Crippen MR) is 77.5 cm³/mol. The summed E-state index contributed by atoms with van der Waals surface area (Å²) in [5.74, 6) is -0.790. The lowest BCUT2D eigenvalue weighted by atomic mass is 10.2. The molecule has 5 nitrogen and oxygen atoms in total. The topological polar surface area (TPSA) is 96.0 Å². The number of nitrogen functional groups attached to an aromatic ring is 1. The largest absolute Gasteiger partial charge is 0.398 e. The van der Waals surface area contributed by atoms with E-state index in [9.17, 15) is 12.8 Å². The number of nitrogens with zero attached hydrogens (tertiary/aromatic N) is 1. The maximum atomic E-state index is 13.5. The minimum atomic E-state index is -3.96. The molecular weight excluding hydrogens is 293 g/mol. The highest BCUT2D eigenvalue weighted by Gasteiger charge is 2.20. The maximum Gasteiger partial charge on any atom is 0.262 e. The van der Waals surface area contributed by atoms with Gasteiger partial charge in [0.15, 0.2) is 0 Å². The summed E-state index contributed by atoms with van der Waals surface area (Å²) in [4.78, 5) is -0.0179. The second kappa shape index (κ2) is 5.42. The molecule has 0 amide bonds. The third-order valence-corrected chi connectivity index (χ3v) is 4.50. The fourth-order valence-corrected chi connectivity index (χ4v) is 3.19. The molecule has 0 bridgehead atoms. The van der Waals surface area contributed by atoms with Crippen molar-refractivity contribution in [2.75, 3.05) is 10.5 Å². The van der Waals surface area contributed by atoms with Gasteiger partial charge in [0.2, 0.25) is 0 Å². The van der Waals surface area contributed by atoms with Crippen molar-refractivity contribution in [2.45, 2.75) is 11.8 Å². The minimum Gasteiger partial charge on any atom is -0.398 e. The summed E-state index contributed by atoms with van der Waals surface area (Å²) in [6.45, 7) is 1.57. The first-order chi connectivity index (χ1) is 9.86. The Hall–Kier alpha value is -2.59. The molecule has 3 N–H and O–H groups in total. The Labute approximate surface area is 121 Å². The highest BCUT2D eigenvalue weighted by atomic mass is 32.2. The summed E-state index contributed by atoms with van der Waals surface area (Å²) in [5.41, 5.74) is 5.94. The molecule has 0 saturated carbocycles. The molecule has 0 heterocycles. The number of sulfonamides is 1. The van der Waals surface area contributed by atoms with Crippen molar-refractivity contribution in [3.63, 3.8) is 0 Å². The normalized spacial score (nSPS) is 10.9. The molecule has 2 aromatic carbocycles. The van der Waals surface area contributed by atoms with E-state index in [1.807, 2.05) is 0 Å². The number of nitrogens with one attached hydrogen (secondary N) is 1. The number of benzene rings is 2. The summed E-state index contributed by atoms with van der Waals surface area (Å²) in [6, 6.07) is 9.84. The van der Waals surface area contributed by atoms with Crippen molar-refractivity contribution in [3.8, 4) is 6.07 Å². The van der Waals surface area contributed by atoms with Gasteiger partial charge in [0.05, 0.1) is 10.6 Å². The lowest BCUT2D eigenvalue weighted by Crippen LogP contribution is -2.16. The summed E-state index contributed by atoms with van der Waals surface area (Å²) in [5, 5.41) is 8.92. The van der Waals surface area contributed by atoms with E-state index in [-0.39, 0.29) is 16.1 Å². The first-order valence-corrected chi connectivity index (χ1v) is 7.41. The average molecular weight is 305 g/mol. The molecule has 0 atom stereocenters. The zero-order chi connectivity index (χ0) is 15.6. The number of nitrogens with two attached hydrogens (primary N) is 1. The Kier molecular flexibility index (Phi) is 3.82. The molecular formula is C14H12FN3O2S. The Morgan fingerprint density at radius 3 is 2.57 bits per heavy atom. The van der Waals surface area contributed by atoms with Crippen LogP contribution in [0.1, 0.15) is 11.1 Å². The van der Waals surface area contributed by atoms with E-state index >= 15 is 0 Å². The van der Waals surface area contributed by atoms with E-state index in [2.05, 4.69) is 4.72 Å². The summed E-state index contributed by atoms with van der Waals surface area (Å²) in [6.07, 6.45) is 0. The molecule has 0 aliphatic carbocycles. The van der Waals surface area contributed by atoms with Gasteiger partial charge in [-0.3, -0.25) is 4.72 Å². The van der Waals surface area contributed by atoms with Gasteiger partial charge in [0, 0.05) is 5.69 Å². The SMILES string of the molecule is Cc1c(N)cccc1S(=O)(=O)Nc1cccc(F)c1C#N. The highest BCUT2D eigenvalue weighted by Crippen LogP contribution is 2.25. The second-order valence-corrected chi connectivity index (χ2v) is 6.00. The van der Waals surface area contributed by atoms with Crippen molar-refractivity contribution >= 4 is 21.4 Å². The monoisotopic (exact) mass is 305 g/mol. The standard InChI is InChI=1S/C14H12FN3O2S/c1-9-12(17)5-3-7-14(9)21(19,20)18-13-6-2-4-11(15)10(13)8-16/h2-7,18H,17H2,1H3. The van der Waals surface area contributed by atoms with Crippen LogP contribution < -0.4 is 10.5 Å². The third-order valence-electron chi connectivity index (χ3n) is 2.99. The van der Waals surface area contributed by atoms with Gasteiger partial charge in [0.1, 0.15) is 17.4 Å². The Morgan fingerprint density at radius 2 is 1.90 bits per heavy atom. The number of halogens is 1. The number of anilines is 2. The Morgan fingerprint density at radius 1 is 1.24 bits per heavy atom. The van der Waals surface area contributed by atoms with Crippen molar-refractivity contribution < 1.29 is 12.8 Å². The van der Waals surface area contributed by atoms with Gasteiger partial charge in [-0.1, -0.05) is 12.1 Å². The number of hydrogen-bond acceptors (Lipinski definition) is 4. The first kappa shape index (κ1) is 14.8. The summed E-state index contributed by atoms with van der Waals surface area (Å²) < 4.78 is 40.4. The summed E-state index contributed by atoms with van der Waals surface area (Å²) in [7, 11) is -3.96. The quantitative estimate of drug-likeness (QED) is 0.851. The van der Waals surface area contributed by atoms with Crippen molar-refractivity contribution in [1.29, 1.82) is 5.26 Å². The number of rotatable bonds is 3. The number of nitriles is 1. The van der Waals surface area contributed by atoms with Gasteiger partial charge in [-0.2, -0.15) is 5.26 Å². The molecule has 0 fully saturated rings. The van der Waals surface area contributed by atoms with E-state index < -0.39 is 15.8 Å². The van der Waals surface area contributed by atoms with Gasteiger partial charge in [0.25, 0.3) is 10.0 Å². The van der Waals surface area contributed by atoms with Crippen LogP contribution in [-0.2, 0) is 10.0 Å². The molecule has 0 aromatic heterocycles. The van der Waals surface area contributed by atoms with E-state index in [4.69, 9.17) is 11.0 Å². The molecule has 21 heavy (non-hydrogen) atoms. The van der Waals surface area contributed by atoms with Crippen LogP contribution in [0, 0.1) is 24.1 Å². The molecule has 7 heteroatoms. The van der Waals surface area contributed by atoms with Crippen LogP contribution in [-0.4, -0.2) is 8.42 Å². The molecule has 2 rings (SSSR count). The number of hydrogen-bond donors (Lipinski definition) is 2. The Bertz CT molecular complexity index is 842. The van der Waals surface area contributed by atoms with Gasteiger partial charge in [-0.15, -0.1) is 0 Å². The van der Waals surface area contributed by atoms with Crippen LogP contribution in [0.2, 0.25) is 0 Å². The van der Waals surface area contributed by atoms with Gasteiger partial charge in [-0.05, 0) is 36.8 Å². The van der Waals surface area contributed by atoms with Gasteiger partial charge in [-0.25, -0.2) is 12.8 Å².